The molecule has 0 saturated heterocycles. The van der Waals surface area contributed by atoms with Crippen LogP contribution in [-0.4, -0.2) is 11.8 Å². The van der Waals surface area contributed by atoms with Gasteiger partial charge < -0.3 is 10.6 Å². The van der Waals surface area contributed by atoms with Crippen LogP contribution in [0.15, 0.2) is 66.7 Å². The number of anilines is 2. The molecule has 0 aromatic heterocycles. The fourth-order valence-corrected chi connectivity index (χ4v) is 3.17. The second kappa shape index (κ2) is 9.06. The molecule has 0 fully saturated rings. The molecule has 3 rings (SSSR count). The SMILES string of the molecule is Cc1cccc(C(C)C)c1NC(=O)c1ccc(C(=O)Nc2cccc(C#N)c2)cc1. The third-order valence-corrected chi connectivity index (χ3v) is 4.82. The highest BCUT2D eigenvalue weighted by Crippen LogP contribution is 2.28. The van der Waals surface area contributed by atoms with Gasteiger partial charge in [-0.05, 0) is 66.4 Å². The van der Waals surface area contributed by atoms with Gasteiger partial charge in [-0.25, -0.2) is 0 Å². The van der Waals surface area contributed by atoms with Crippen molar-refractivity contribution in [1.82, 2.24) is 0 Å². The maximum absolute atomic E-state index is 12.7. The van der Waals surface area contributed by atoms with Crippen LogP contribution in [0.1, 0.15) is 57.2 Å². The van der Waals surface area contributed by atoms with E-state index >= 15 is 0 Å². The lowest BCUT2D eigenvalue weighted by molar-refractivity contribution is 0.101. The molecule has 5 heteroatoms. The minimum absolute atomic E-state index is 0.222. The minimum atomic E-state index is -0.307. The van der Waals surface area contributed by atoms with E-state index in [0.717, 1.165) is 16.8 Å². The van der Waals surface area contributed by atoms with E-state index in [1.54, 1.807) is 48.5 Å². The molecule has 0 spiro atoms. The number of hydrogen-bond donors (Lipinski definition) is 2. The number of nitrogens with one attached hydrogen (secondary N) is 2. The zero-order valence-electron chi connectivity index (χ0n) is 17.2. The lowest BCUT2D eigenvalue weighted by Gasteiger charge is -2.16. The molecule has 5 nitrogen and oxygen atoms in total. The first-order valence-electron chi connectivity index (χ1n) is 9.71. The molecule has 0 radical (unpaired) electrons. The molecule has 0 atom stereocenters. The summed E-state index contributed by atoms with van der Waals surface area (Å²) in [5.74, 6) is -0.247. The van der Waals surface area contributed by atoms with Crippen molar-refractivity contribution >= 4 is 23.2 Å². The van der Waals surface area contributed by atoms with Gasteiger partial charge in [-0.1, -0.05) is 38.1 Å². The molecule has 0 heterocycles. The molecule has 3 aromatic rings. The quantitative estimate of drug-likeness (QED) is 0.597. The highest BCUT2D eigenvalue weighted by molar-refractivity contribution is 6.07. The van der Waals surface area contributed by atoms with Crippen LogP contribution in [0.5, 0.6) is 0 Å². The monoisotopic (exact) mass is 397 g/mol. The average molecular weight is 397 g/mol. The fraction of sp³-hybridized carbons (Fsp3) is 0.160. The number of carbonyl (C=O) groups is 2. The van der Waals surface area contributed by atoms with E-state index in [4.69, 9.17) is 5.26 Å². The summed E-state index contributed by atoms with van der Waals surface area (Å²) >= 11 is 0. The molecule has 0 aliphatic carbocycles. The molecule has 2 N–H and O–H groups in total. The highest BCUT2D eigenvalue weighted by atomic mass is 16.2. The Bertz CT molecular complexity index is 1130. The number of para-hydroxylation sites is 1. The van der Waals surface area contributed by atoms with E-state index < -0.39 is 0 Å². The number of nitrogens with zero attached hydrogens (tertiary/aromatic N) is 1. The maximum Gasteiger partial charge on any atom is 0.255 e. The van der Waals surface area contributed by atoms with Crippen LogP contribution in [0.2, 0.25) is 0 Å². The van der Waals surface area contributed by atoms with Crippen LogP contribution >= 0.6 is 0 Å². The van der Waals surface area contributed by atoms with Crippen molar-refractivity contribution in [3.8, 4) is 6.07 Å². The third kappa shape index (κ3) is 4.73. The van der Waals surface area contributed by atoms with Gasteiger partial charge in [-0.2, -0.15) is 5.26 Å². The number of rotatable bonds is 5. The Labute approximate surface area is 176 Å². The van der Waals surface area contributed by atoms with E-state index in [1.807, 2.05) is 31.2 Å². The minimum Gasteiger partial charge on any atom is -0.322 e. The first kappa shape index (κ1) is 20.8. The Hall–Kier alpha value is -3.91. The standard InChI is InChI=1S/C25H23N3O2/c1-16(2)22-9-4-6-17(3)23(22)28-25(30)20-12-10-19(11-13-20)24(29)27-21-8-5-7-18(14-21)15-26/h4-14,16H,1-3H3,(H,27,29)(H,28,30). The van der Waals surface area contributed by atoms with Crippen molar-refractivity contribution in [3.05, 3.63) is 94.5 Å². The van der Waals surface area contributed by atoms with Crippen LogP contribution in [0.3, 0.4) is 0 Å². The zero-order valence-corrected chi connectivity index (χ0v) is 17.2. The summed E-state index contributed by atoms with van der Waals surface area (Å²) in [6.45, 7) is 6.14. The Morgan fingerprint density at radius 3 is 2.07 bits per heavy atom. The van der Waals surface area contributed by atoms with E-state index in [0.29, 0.717) is 22.4 Å². The molecule has 0 saturated carbocycles. The molecular formula is C25H23N3O2. The van der Waals surface area contributed by atoms with E-state index in [1.165, 1.54) is 0 Å². The van der Waals surface area contributed by atoms with Crippen molar-refractivity contribution in [1.29, 1.82) is 5.26 Å². The summed E-state index contributed by atoms with van der Waals surface area (Å²) in [5, 5.41) is 14.7. The smallest absolute Gasteiger partial charge is 0.255 e. The van der Waals surface area contributed by atoms with Gasteiger partial charge in [0.15, 0.2) is 0 Å². The van der Waals surface area contributed by atoms with Gasteiger partial charge in [-0.15, -0.1) is 0 Å². The third-order valence-electron chi connectivity index (χ3n) is 4.82. The lowest BCUT2D eigenvalue weighted by Crippen LogP contribution is -2.16. The summed E-state index contributed by atoms with van der Waals surface area (Å²) in [6, 6.07) is 21.2. The number of amides is 2. The molecule has 2 amide bonds. The first-order valence-corrected chi connectivity index (χ1v) is 9.71. The average Bonchev–Trinajstić information content (AvgIpc) is 2.75. The van der Waals surface area contributed by atoms with Crippen LogP contribution in [0.25, 0.3) is 0 Å². The van der Waals surface area contributed by atoms with Gasteiger partial charge >= 0.3 is 0 Å². The summed E-state index contributed by atoms with van der Waals surface area (Å²) in [6.07, 6.45) is 0. The second-order valence-corrected chi connectivity index (χ2v) is 7.37. The van der Waals surface area contributed by atoms with Gasteiger partial charge in [0.1, 0.15) is 0 Å². The summed E-state index contributed by atoms with van der Waals surface area (Å²) in [5.41, 5.74) is 4.82. The Kier molecular flexibility index (Phi) is 6.29. The zero-order chi connectivity index (χ0) is 21.7. The van der Waals surface area contributed by atoms with Crippen LogP contribution in [0, 0.1) is 18.3 Å². The van der Waals surface area contributed by atoms with Gasteiger partial charge in [0.2, 0.25) is 0 Å². The summed E-state index contributed by atoms with van der Waals surface area (Å²) in [4.78, 5) is 25.2. The van der Waals surface area contributed by atoms with Crippen molar-refractivity contribution in [3.63, 3.8) is 0 Å². The molecule has 0 aliphatic rings. The van der Waals surface area contributed by atoms with Crippen molar-refractivity contribution in [2.45, 2.75) is 26.7 Å². The molecular weight excluding hydrogens is 374 g/mol. The van der Waals surface area contributed by atoms with Gasteiger partial charge in [0, 0.05) is 22.5 Å². The van der Waals surface area contributed by atoms with Gasteiger partial charge in [0.25, 0.3) is 11.8 Å². The lowest BCUT2D eigenvalue weighted by atomic mass is 9.98. The Balaban J connectivity index is 1.73. The summed E-state index contributed by atoms with van der Waals surface area (Å²) < 4.78 is 0. The van der Waals surface area contributed by atoms with E-state index in [9.17, 15) is 9.59 Å². The highest BCUT2D eigenvalue weighted by Gasteiger charge is 2.14. The van der Waals surface area contributed by atoms with E-state index in [2.05, 4.69) is 24.5 Å². The van der Waals surface area contributed by atoms with Crippen LogP contribution < -0.4 is 10.6 Å². The molecule has 0 aliphatic heterocycles. The summed E-state index contributed by atoms with van der Waals surface area (Å²) in [7, 11) is 0. The topological polar surface area (TPSA) is 82.0 Å². The normalized spacial score (nSPS) is 10.4. The number of benzene rings is 3. The molecule has 0 unspecified atom stereocenters. The molecule has 3 aromatic carbocycles. The molecule has 30 heavy (non-hydrogen) atoms. The second-order valence-electron chi connectivity index (χ2n) is 7.37. The predicted molar refractivity (Wildman–Crippen MR) is 119 cm³/mol. The number of nitriles is 1. The Morgan fingerprint density at radius 2 is 1.47 bits per heavy atom. The van der Waals surface area contributed by atoms with Gasteiger partial charge in [0.05, 0.1) is 11.6 Å². The van der Waals surface area contributed by atoms with Crippen molar-refractivity contribution in [2.75, 3.05) is 10.6 Å². The van der Waals surface area contributed by atoms with Crippen molar-refractivity contribution in [2.24, 2.45) is 0 Å². The van der Waals surface area contributed by atoms with E-state index in [-0.39, 0.29) is 17.7 Å². The van der Waals surface area contributed by atoms with Gasteiger partial charge in [-0.3, -0.25) is 9.59 Å². The predicted octanol–water partition coefficient (Wildman–Crippen LogP) is 5.49. The molecule has 150 valence electrons. The number of aryl methyl sites for hydroxylation is 1. The van der Waals surface area contributed by atoms with Crippen LogP contribution in [0.4, 0.5) is 11.4 Å². The fourth-order valence-electron chi connectivity index (χ4n) is 3.17. The maximum atomic E-state index is 12.7. The molecule has 0 bridgehead atoms. The van der Waals surface area contributed by atoms with Crippen LogP contribution in [-0.2, 0) is 0 Å². The number of hydrogen-bond acceptors (Lipinski definition) is 3. The largest absolute Gasteiger partial charge is 0.322 e. The Morgan fingerprint density at radius 1 is 0.867 bits per heavy atom. The van der Waals surface area contributed by atoms with Crippen molar-refractivity contribution < 1.29 is 9.59 Å². The first-order chi connectivity index (χ1) is 14.4. The number of carbonyl (C=O) groups excluding carboxylic acids is 2.